The Morgan fingerprint density at radius 2 is 0.877 bits per heavy atom. The Balaban J connectivity index is 1.01. The molecule has 2 unspecified atom stereocenters. The van der Waals surface area contributed by atoms with Crippen LogP contribution < -0.4 is 4.90 Å². The van der Waals surface area contributed by atoms with Crippen molar-refractivity contribution >= 4 is 85.8 Å². The van der Waals surface area contributed by atoms with Crippen LogP contribution in [0.25, 0.3) is 80.1 Å². The van der Waals surface area contributed by atoms with Gasteiger partial charge < -0.3 is 14.0 Å². The zero-order valence-electron chi connectivity index (χ0n) is 32.9. The summed E-state index contributed by atoms with van der Waals surface area (Å²) in [5.74, 6) is 0.402. The first-order valence-electron chi connectivity index (χ1n) is 20.6. The molecule has 6 aromatic carbocycles. The Kier molecular flexibility index (Phi) is 8.87. The lowest BCUT2D eigenvalue weighted by Gasteiger charge is -2.27. The predicted molar refractivity (Wildman–Crippen MR) is 248 cm³/mol. The highest BCUT2D eigenvalue weighted by atomic mass is 15.2. The molecule has 0 spiro atoms. The summed E-state index contributed by atoms with van der Waals surface area (Å²) >= 11 is 0. The van der Waals surface area contributed by atoms with Gasteiger partial charge in [-0.25, -0.2) is 0 Å². The van der Waals surface area contributed by atoms with Crippen LogP contribution in [-0.2, 0) is 13.1 Å². The molecule has 57 heavy (non-hydrogen) atoms. The number of aromatic nitrogens is 2. The van der Waals surface area contributed by atoms with Crippen LogP contribution in [0.15, 0.2) is 146 Å². The molecule has 3 heteroatoms. The van der Waals surface area contributed by atoms with E-state index in [2.05, 4.69) is 217 Å². The number of hydrogen-bond donors (Lipinski definition) is 0. The van der Waals surface area contributed by atoms with Gasteiger partial charge in [-0.2, -0.15) is 0 Å². The largest absolute Gasteiger partial charge is 0.364 e. The van der Waals surface area contributed by atoms with Crippen molar-refractivity contribution in [2.45, 2.75) is 45.8 Å². The van der Waals surface area contributed by atoms with Gasteiger partial charge in [0.1, 0.15) is 0 Å². The second-order valence-corrected chi connectivity index (χ2v) is 15.4. The number of hydrogen-bond acceptors (Lipinski definition) is 1. The number of anilines is 1. The lowest BCUT2D eigenvalue weighted by Crippen LogP contribution is -2.32. The maximum atomic E-state index is 2.53. The van der Waals surface area contributed by atoms with Crippen LogP contribution in [0.4, 0.5) is 5.69 Å². The summed E-state index contributed by atoms with van der Waals surface area (Å²) in [4.78, 5) is 2.53. The number of likely N-dealkylation sites (N-methyl/N-ethyl adjacent to an activating group) is 1. The van der Waals surface area contributed by atoms with Crippen LogP contribution in [0.1, 0.15) is 65.6 Å². The van der Waals surface area contributed by atoms with E-state index in [0.717, 1.165) is 19.6 Å². The van der Waals surface area contributed by atoms with E-state index in [1.165, 1.54) is 88.2 Å². The number of nitrogens with zero attached hydrogens (tertiary/aromatic N) is 3. The fourth-order valence-electron chi connectivity index (χ4n) is 9.53. The van der Waals surface area contributed by atoms with Gasteiger partial charge >= 0.3 is 0 Å². The first-order valence-corrected chi connectivity index (χ1v) is 20.6. The van der Waals surface area contributed by atoms with Crippen molar-refractivity contribution in [3.05, 3.63) is 185 Å². The smallest absolute Gasteiger partial charge is 0.0580 e. The van der Waals surface area contributed by atoms with Gasteiger partial charge in [-0.05, 0) is 126 Å². The molecule has 0 fully saturated rings. The third-order valence-corrected chi connectivity index (χ3v) is 12.2. The SMILES string of the molecule is CCN1c2ccc(/C=C/c3cc(/C=C/c4ccc5c(c4)c4ccccc4n5CC)cc(/C=C/c4ccc5c(c4)c4ccccc4n5CC)c3)cc2C2C=CC=CC21. The van der Waals surface area contributed by atoms with E-state index in [1.807, 2.05) is 0 Å². The second kappa shape index (κ2) is 14.5. The summed E-state index contributed by atoms with van der Waals surface area (Å²) < 4.78 is 4.82. The third kappa shape index (κ3) is 6.15. The van der Waals surface area contributed by atoms with Gasteiger partial charge in [0.05, 0.1) is 6.04 Å². The van der Waals surface area contributed by atoms with Crippen molar-refractivity contribution in [2.75, 3.05) is 11.4 Å². The third-order valence-electron chi connectivity index (χ3n) is 12.2. The van der Waals surface area contributed by atoms with Crippen LogP contribution in [0, 0.1) is 0 Å². The monoisotopic (exact) mass is 737 g/mol. The van der Waals surface area contributed by atoms with Crippen molar-refractivity contribution in [3.8, 4) is 0 Å². The summed E-state index contributed by atoms with van der Waals surface area (Å²) in [5.41, 5.74) is 15.1. The van der Waals surface area contributed by atoms with E-state index in [9.17, 15) is 0 Å². The zero-order valence-corrected chi connectivity index (χ0v) is 32.9. The standard InChI is InChI=1S/C54H47N3/c1-4-55-49-16-10-7-13-43(49)46-34-37(25-28-52(46)55)19-22-40-31-41(23-20-38-26-29-53-47(35-38)44-14-8-11-17-50(44)56(53)5-2)33-42(32-40)24-21-39-27-30-54-48(36-39)45-15-9-12-18-51(45)57(54)6-3/h7-36,43,49H,4-6H2,1-3H3/b22-19+,23-20+,24-21+. The highest BCUT2D eigenvalue weighted by Crippen LogP contribution is 2.44. The quantitative estimate of drug-likeness (QED) is 0.134. The summed E-state index contributed by atoms with van der Waals surface area (Å²) in [6.45, 7) is 9.60. The first-order chi connectivity index (χ1) is 28.1. The molecule has 278 valence electrons. The molecule has 0 amide bonds. The van der Waals surface area contributed by atoms with Crippen LogP contribution in [0.2, 0.25) is 0 Å². The average molecular weight is 738 g/mol. The molecule has 1 aliphatic heterocycles. The molecule has 0 radical (unpaired) electrons. The minimum absolute atomic E-state index is 0.402. The van der Waals surface area contributed by atoms with E-state index in [4.69, 9.17) is 0 Å². The molecule has 1 aliphatic carbocycles. The second-order valence-electron chi connectivity index (χ2n) is 15.4. The Hall–Kier alpha value is -6.58. The number of para-hydroxylation sites is 2. The van der Waals surface area contributed by atoms with Crippen LogP contribution >= 0.6 is 0 Å². The van der Waals surface area contributed by atoms with E-state index < -0.39 is 0 Å². The van der Waals surface area contributed by atoms with Crippen molar-refractivity contribution in [3.63, 3.8) is 0 Å². The van der Waals surface area contributed by atoms with Gasteiger partial charge in [0.25, 0.3) is 0 Å². The molecule has 3 nitrogen and oxygen atoms in total. The highest BCUT2D eigenvalue weighted by Gasteiger charge is 2.35. The number of fused-ring (bicyclic) bond motifs is 9. The molecule has 0 saturated heterocycles. The summed E-state index contributed by atoms with van der Waals surface area (Å²) in [6, 6.07) is 45.5. The van der Waals surface area contributed by atoms with Crippen LogP contribution in [0.5, 0.6) is 0 Å². The minimum atomic E-state index is 0.402. The molecule has 0 bridgehead atoms. The first kappa shape index (κ1) is 34.9. The molecule has 3 heterocycles. The Labute approximate surface area is 335 Å². The normalized spacial score (nSPS) is 16.5. The average Bonchev–Trinajstić information content (AvgIpc) is 3.88. The van der Waals surface area contributed by atoms with Crippen molar-refractivity contribution in [2.24, 2.45) is 0 Å². The van der Waals surface area contributed by atoms with Gasteiger partial charge in [-0.15, -0.1) is 0 Å². The van der Waals surface area contributed by atoms with Gasteiger partial charge in [0.2, 0.25) is 0 Å². The molecule has 0 saturated carbocycles. The summed E-state index contributed by atoms with van der Waals surface area (Å²) in [7, 11) is 0. The Bertz CT molecular complexity index is 2840. The topological polar surface area (TPSA) is 13.1 Å². The molecule has 10 rings (SSSR count). The Morgan fingerprint density at radius 1 is 0.421 bits per heavy atom. The van der Waals surface area contributed by atoms with Crippen LogP contribution in [-0.4, -0.2) is 21.7 Å². The maximum Gasteiger partial charge on any atom is 0.0580 e. The molecule has 2 aliphatic rings. The van der Waals surface area contributed by atoms with Gasteiger partial charge in [-0.1, -0.05) is 115 Å². The molecule has 8 aromatic rings. The lowest BCUT2D eigenvalue weighted by molar-refractivity contribution is 0.688. The van der Waals surface area contributed by atoms with E-state index >= 15 is 0 Å². The van der Waals surface area contributed by atoms with E-state index in [0.29, 0.717) is 12.0 Å². The summed E-state index contributed by atoms with van der Waals surface area (Å²) in [6.07, 6.45) is 22.7. The molecular weight excluding hydrogens is 691 g/mol. The fraction of sp³-hybridized carbons (Fsp3) is 0.148. The lowest BCUT2D eigenvalue weighted by atomic mass is 9.90. The predicted octanol–water partition coefficient (Wildman–Crippen LogP) is 13.9. The van der Waals surface area contributed by atoms with Crippen molar-refractivity contribution < 1.29 is 0 Å². The summed E-state index contributed by atoms with van der Waals surface area (Å²) in [5, 5.41) is 5.22. The van der Waals surface area contributed by atoms with Crippen molar-refractivity contribution in [1.82, 2.24) is 9.13 Å². The Morgan fingerprint density at radius 3 is 1.40 bits per heavy atom. The van der Waals surface area contributed by atoms with Crippen LogP contribution in [0.3, 0.4) is 0 Å². The molecule has 2 atom stereocenters. The number of allylic oxidation sites excluding steroid dienone is 2. The van der Waals surface area contributed by atoms with Gasteiger partial charge in [-0.3, -0.25) is 0 Å². The molecule has 0 N–H and O–H groups in total. The van der Waals surface area contributed by atoms with Gasteiger partial charge in [0, 0.05) is 74.9 Å². The minimum Gasteiger partial charge on any atom is -0.364 e. The zero-order chi connectivity index (χ0) is 38.5. The fourth-order valence-corrected chi connectivity index (χ4v) is 9.53. The molecular formula is C54H47N3. The van der Waals surface area contributed by atoms with E-state index in [-0.39, 0.29) is 0 Å². The number of rotatable bonds is 9. The van der Waals surface area contributed by atoms with E-state index in [1.54, 1.807) is 0 Å². The number of aryl methyl sites for hydroxylation is 2. The van der Waals surface area contributed by atoms with Gasteiger partial charge in [0.15, 0.2) is 0 Å². The maximum absolute atomic E-state index is 2.53. The molecule has 2 aromatic heterocycles. The van der Waals surface area contributed by atoms with Crippen molar-refractivity contribution in [1.29, 1.82) is 0 Å². The number of benzene rings is 6. The highest BCUT2D eigenvalue weighted by molar-refractivity contribution is 6.10.